The van der Waals surface area contributed by atoms with Gasteiger partial charge < -0.3 is 14.2 Å². The number of nitrogens with one attached hydrogen (secondary N) is 1. The van der Waals surface area contributed by atoms with Crippen LogP contribution in [0.4, 0.5) is 11.4 Å². The van der Waals surface area contributed by atoms with Crippen LogP contribution >= 0.6 is 0 Å². The van der Waals surface area contributed by atoms with E-state index >= 15 is 0 Å². The van der Waals surface area contributed by atoms with Crippen molar-refractivity contribution in [2.75, 3.05) is 31.3 Å². The molecule has 0 spiro atoms. The van der Waals surface area contributed by atoms with Crippen molar-refractivity contribution in [1.29, 1.82) is 0 Å². The molecule has 1 N–H and O–H groups in total. The number of fused-ring (bicyclic) bond motifs is 1. The van der Waals surface area contributed by atoms with E-state index in [1.807, 2.05) is 48.5 Å². The summed E-state index contributed by atoms with van der Waals surface area (Å²) in [4.78, 5) is 16.2. The Balaban J connectivity index is 2.00. The first-order valence-electron chi connectivity index (χ1n) is 9.13. The van der Waals surface area contributed by atoms with Gasteiger partial charge in [-0.3, -0.25) is 15.4 Å². The van der Waals surface area contributed by atoms with E-state index in [9.17, 15) is 4.79 Å². The Bertz CT molecular complexity index is 1010. The topological polar surface area (TPSA) is 72.9 Å². The Morgan fingerprint density at radius 1 is 1.10 bits per heavy atom. The first-order valence-corrected chi connectivity index (χ1v) is 9.13. The number of methoxy groups -OCH3 is 2. The highest BCUT2D eigenvalue weighted by atomic mass is 16.5. The molecule has 7 nitrogen and oxygen atoms in total. The summed E-state index contributed by atoms with van der Waals surface area (Å²) in [6.07, 6.45) is 4.70. The molecule has 0 aliphatic heterocycles. The molecular formula is C22H23N3O4. The van der Waals surface area contributed by atoms with E-state index in [4.69, 9.17) is 14.2 Å². The van der Waals surface area contributed by atoms with Crippen LogP contribution in [0.3, 0.4) is 0 Å². The molecular weight excluding hydrogens is 370 g/mol. The Labute approximate surface area is 169 Å². The zero-order chi connectivity index (χ0) is 20.6. The van der Waals surface area contributed by atoms with Crippen molar-refractivity contribution >= 4 is 28.2 Å². The third-order valence-corrected chi connectivity index (χ3v) is 4.17. The van der Waals surface area contributed by atoms with Gasteiger partial charge in [0.2, 0.25) is 0 Å². The number of esters is 1. The Hall–Kier alpha value is -3.74. The number of pyridine rings is 1. The van der Waals surface area contributed by atoms with Crippen molar-refractivity contribution in [2.45, 2.75) is 6.92 Å². The van der Waals surface area contributed by atoms with Crippen LogP contribution in [0, 0.1) is 0 Å². The molecule has 29 heavy (non-hydrogen) atoms. The number of hydrogen-bond donors (Lipinski definition) is 1. The molecule has 0 unspecified atom stereocenters. The third-order valence-electron chi connectivity index (χ3n) is 4.17. The van der Waals surface area contributed by atoms with Crippen LogP contribution in [-0.4, -0.2) is 31.8 Å². The zero-order valence-corrected chi connectivity index (χ0v) is 16.6. The minimum atomic E-state index is -0.416. The predicted octanol–water partition coefficient (Wildman–Crippen LogP) is 4.16. The summed E-state index contributed by atoms with van der Waals surface area (Å²) in [5, 5.41) is 2.58. The van der Waals surface area contributed by atoms with Crippen LogP contribution in [0.2, 0.25) is 0 Å². The number of hydrogen-bond acceptors (Lipinski definition) is 7. The second-order valence-corrected chi connectivity index (χ2v) is 5.97. The van der Waals surface area contributed by atoms with Gasteiger partial charge in [0.05, 0.1) is 37.7 Å². The molecule has 2 aromatic carbocycles. The van der Waals surface area contributed by atoms with Crippen LogP contribution in [0.25, 0.3) is 10.9 Å². The van der Waals surface area contributed by atoms with Gasteiger partial charge in [-0.15, -0.1) is 0 Å². The van der Waals surface area contributed by atoms with E-state index in [2.05, 4.69) is 10.4 Å². The molecule has 3 aromatic rings. The first kappa shape index (κ1) is 20.0. The van der Waals surface area contributed by atoms with Crippen LogP contribution in [0.15, 0.2) is 67.0 Å². The van der Waals surface area contributed by atoms with Crippen molar-refractivity contribution in [3.63, 3.8) is 0 Å². The number of benzene rings is 2. The fraction of sp³-hybridized carbons (Fsp3) is 0.182. The standard InChI is InChI=1S/C22H23N3O4/c1-4-29-22(26)11-13-25(16-8-6-5-7-9-16)24-18-10-12-23-19-15-21(28-3)20(27-2)14-17(18)19/h5-15H,4H2,1-3H3,(H,23,24)/b13-11+. The smallest absolute Gasteiger partial charge is 0.332 e. The van der Waals surface area contributed by atoms with Gasteiger partial charge in [0.25, 0.3) is 0 Å². The summed E-state index contributed by atoms with van der Waals surface area (Å²) in [5.41, 5.74) is 5.70. The average Bonchev–Trinajstić information content (AvgIpc) is 2.76. The van der Waals surface area contributed by atoms with E-state index in [-0.39, 0.29) is 0 Å². The van der Waals surface area contributed by atoms with E-state index in [0.717, 1.165) is 22.3 Å². The number of para-hydroxylation sites is 1. The molecule has 0 aliphatic carbocycles. The normalized spacial score (nSPS) is 10.7. The second-order valence-electron chi connectivity index (χ2n) is 5.97. The van der Waals surface area contributed by atoms with Gasteiger partial charge in [-0.1, -0.05) is 18.2 Å². The summed E-state index contributed by atoms with van der Waals surface area (Å²) < 4.78 is 15.8. The maximum atomic E-state index is 11.8. The minimum absolute atomic E-state index is 0.318. The molecule has 1 aromatic heterocycles. The van der Waals surface area contributed by atoms with E-state index in [1.165, 1.54) is 6.08 Å². The SMILES string of the molecule is CCOC(=O)/C=C/N(Nc1ccnc2cc(OC)c(OC)cc12)c1ccccc1. The van der Waals surface area contributed by atoms with Gasteiger partial charge in [0.15, 0.2) is 11.5 Å². The number of rotatable bonds is 8. The van der Waals surface area contributed by atoms with Gasteiger partial charge in [0.1, 0.15) is 0 Å². The van der Waals surface area contributed by atoms with Crippen molar-refractivity contribution in [1.82, 2.24) is 4.98 Å². The molecule has 0 saturated heterocycles. The Morgan fingerprint density at radius 3 is 2.52 bits per heavy atom. The molecule has 0 saturated carbocycles. The molecule has 3 rings (SSSR count). The molecule has 0 atom stereocenters. The second kappa shape index (κ2) is 9.45. The molecule has 1 heterocycles. The number of aromatic nitrogens is 1. The fourth-order valence-electron chi connectivity index (χ4n) is 2.80. The van der Waals surface area contributed by atoms with Gasteiger partial charge in [-0.05, 0) is 31.2 Å². The van der Waals surface area contributed by atoms with Crippen LogP contribution < -0.4 is 19.9 Å². The Kier molecular flexibility index (Phi) is 6.52. The summed E-state index contributed by atoms with van der Waals surface area (Å²) in [5.74, 6) is 0.789. The van der Waals surface area contributed by atoms with Crippen molar-refractivity contribution in [2.24, 2.45) is 0 Å². The Morgan fingerprint density at radius 2 is 1.83 bits per heavy atom. The zero-order valence-electron chi connectivity index (χ0n) is 16.6. The van der Waals surface area contributed by atoms with E-state index in [0.29, 0.717) is 18.1 Å². The summed E-state index contributed by atoms with van der Waals surface area (Å²) in [6, 6.07) is 15.1. The van der Waals surface area contributed by atoms with Crippen molar-refractivity contribution in [3.05, 3.63) is 67.0 Å². The highest BCUT2D eigenvalue weighted by Gasteiger charge is 2.12. The van der Waals surface area contributed by atoms with E-state index in [1.54, 1.807) is 38.5 Å². The number of nitrogens with zero attached hydrogens (tertiary/aromatic N) is 2. The van der Waals surface area contributed by atoms with E-state index < -0.39 is 5.97 Å². The van der Waals surface area contributed by atoms with Crippen LogP contribution in [0.1, 0.15) is 6.92 Å². The average molecular weight is 393 g/mol. The predicted molar refractivity (Wildman–Crippen MR) is 113 cm³/mol. The quantitative estimate of drug-likeness (QED) is 0.350. The molecule has 0 amide bonds. The third kappa shape index (κ3) is 4.76. The molecule has 0 bridgehead atoms. The lowest BCUT2D eigenvalue weighted by atomic mass is 10.1. The van der Waals surface area contributed by atoms with Gasteiger partial charge in [-0.2, -0.15) is 0 Å². The maximum absolute atomic E-state index is 11.8. The lowest BCUT2D eigenvalue weighted by Gasteiger charge is -2.23. The largest absolute Gasteiger partial charge is 0.493 e. The lowest BCUT2D eigenvalue weighted by molar-refractivity contribution is -0.137. The number of ether oxygens (including phenoxy) is 3. The highest BCUT2D eigenvalue weighted by molar-refractivity contribution is 5.94. The molecule has 150 valence electrons. The first-order chi connectivity index (χ1) is 14.2. The van der Waals surface area contributed by atoms with Gasteiger partial charge in [0, 0.05) is 29.9 Å². The van der Waals surface area contributed by atoms with Crippen molar-refractivity contribution < 1.29 is 19.0 Å². The van der Waals surface area contributed by atoms with Gasteiger partial charge >= 0.3 is 5.97 Å². The molecule has 0 radical (unpaired) electrons. The number of carbonyl (C=O) groups excluding carboxylic acids is 1. The van der Waals surface area contributed by atoms with Gasteiger partial charge in [-0.25, -0.2) is 4.79 Å². The fourth-order valence-corrected chi connectivity index (χ4v) is 2.80. The number of hydrazine groups is 1. The number of carbonyl (C=O) groups is 1. The summed E-state index contributed by atoms with van der Waals surface area (Å²) >= 11 is 0. The van der Waals surface area contributed by atoms with Crippen LogP contribution in [0.5, 0.6) is 11.5 Å². The maximum Gasteiger partial charge on any atom is 0.332 e. The van der Waals surface area contributed by atoms with Crippen molar-refractivity contribution in [3.8, 4) is 11.5 Å². The number of anilines is 2. The summed E-state index contributed by atoms with van der Waals surface area (Å²) in [6.45, 7) is 2.09. The highest BCUT2D eigenvalue weighted by Crippen LogP contribution is 2.34. The lowest BCUT2D eigenvalue weighted by Crippen LogP contribution is -2.24. The molecule has 0 aliphatic rings. The molecule has 7 heteroatoms. The summed E-state index contributed by atoms with van der Waals surface area (Å²) in [7, 11) is 3.18. The minimum Gasteiger partial charge on any atom is -0.493 e. The monoisotopic (exact) mass is 393 g/mol. The molecule has 0 fully saturated rings. The van der Waals surface area contributed by atoms with Crippen LogP contribution in [-0.2, 0) is 9.53 Å².